The SMILES string of the molecule is C[C@]1(c2cc(/C=C(\F)c3ccc(C#N)cn3)ccc2F)N=C(N)S[C@@]2(C(=O)N3Cc4ccccc4C3)C[C@H]21.O=C(O)C(F)(F)F.O=C(O)C(F)(F)F. The Labute approximate surface area is 293 Å². The molecule has 0 radical (unpaired) electrons. The van der Waals surface area contributed by atoms with Crippen molar-refractivity contribution in [2.75, 3.05) is 0 Å². The zero-order valence-electron chi connectivity index (χ0n) is 26.5. The van der Waals surface area contributed by atoms with E-state index in [1.54, 1.807) is 13.0 Å². The number of carbonyl (C=O) groups is 3. The van der Waals surface area contributed by atoms with Gasteiger partial charge in [0.25, 0.3) is 0 Å². The molecular weight excluding hydrogens is 730 g/mol. The lowest BCUT2D eigenvalue weighted by atomic mass is 9.84. The second kappa shape index (κ2) is 14.6. The van der Waals surface area contributed by atoms with Crippen molar-refractivity contribution in [2.45, 2.75) is 49.1 Å². The quantitative estimate of drug-likeness (QED) is 0.255. The third-order valence-corrected chi connectivity index (χ3v) is 9.45. The molecule has 0 saturated heterocycles. The number of hydrogen-bond donors (Lipinski definition) is 3. The molecule has 274 valence electrons. The first-order valence-corrected chi connectivity index (χ1v) is 15.5. The van der Waals surface area contributed by atoms with E-state index in [0.29, 0.717) is 30.6 Å². The number of thioether (sulfide) groups is 1. The maximum Gasteiger partial charge on any atom is 0.490 e. The highest BCUT2D eigenvalue weighted by Gasteiger charge is 2.71. The highest BCUT2D eigenvalue weighted by Crippen LogP contribution is 2.66. The van der Waals surface area contributed by atoms with Gasteiger partial charge in [0.1, 0.15) is 22.5 Å². The number of halogens is 8. The fraction of sp³-hybridized carbons (Fsp3) is 0.273. The number of nitrogens with two attached hydrogens (primary N) is 1. The van der Waals surface area contributed by atoms with Gasteiger partial charge in [0.15, 0.2) is 5.17 Å². The normalized spacial score (nSPS) is 21.8. The summed E-state index contributed by atoms with van der Waals surface area (Å²) in [5, 5.41) is 23.4. The van der Waals surface area contributed by atoms with Gasteiger partial charge in [0.05, 0.1) is 16.8 Å². The van der Waals surface area contributed by atoms with Gasteiger partial charge in [-0.05, 0) is 60.4 Å². The third kappa shape index (κ3) is 8.50. The van der Waals surface area contributed by atoms with Crippen LogP contribution in [0.25, 0.3) is 11.9 Å². The summed E-state index contributed by atoms with van der Waals surface area (Å²) < 4.78 is 92.9. The van der Waals surface area contributed by atoms with Gasteiger partial charge in [0, 0.05) is 30.8 Å². The number of pyridine rings is 1. The van der Waals surface area contributed by atoms with Crippen LogP contribution in [0.2, 0.25) is 0 Å². The smallest absolute Gasteiger partial charge is 0.475 e. The first-order chi connectivity index (χ1) is 24.1. The first kappa shape index (κ1) is 39.3. The van der Waals surface area contributed by atoms with Crippen LogP contribution in [0.1, 0.15) is 46.9 Å². The predicted molar refractivity (Wildman–Crippen MR) is 170 cm³/mol. The summed E-state index contributed by atoms with van der Waals surface area (Å²) in [6, 6.07) is 17.1. The molecule has 3 aromatic rings. The summed E-state index contributed by atoms with van der Waals surface area (Å²) in [7, 11) is 0. The number of amidine groups is 1. The number of carbonyl (C=O) groups excluding carboxylic acids is 1. The van der Waals surface area contributed by atoms with E-state index in [9.17, 15) is 35.5 Å². The topological polar surface area (TPSA) is 170 Å². The number of aliphatic carboxylic acids is 2. The third-order valence-electron chi connectivity index (χ3n) is 8.16. The molecule has 1 aliphatic carbocycles. The first-order valence-electron chi connectivity index (χ1n) is 14.7. The van der Waals surface area contributed by atoms with Crippen molar-refractivity contribution in [3.63, 3.8) is 0 Å². The van der Waals surface area contributed by atoms with E-state index in [4.69, 9.17) is 30.8 Å². The van der Waals surface area contributed by atoms with E-state index in [2.05, 4.69) is 9.98 Å². The van der Waals surface area contributed by atoms with Crippen LogP contribution in [-0.4, -0.2) is 60.2 Å². The molecule has 0 bridgehead atoms. The minimum atomic E-state index is -5.08. The number of nitriles is 1. The number of nitrogens with zero attached hydrogens (tertiary/aromatic N) is 4. The van der Waals surface area contributed by atoms with Gasteiger partial charge in [0.2, 0.25) is 5.91 Å². The molecular formula is C33H25F8N5O5S. The highest BCUT2D eigenvalue weighted by atomic mass is 32.2. The lowest BCUT2D eigenvalue weighted by Crippen LogP contribution is -2.44. The molecule has 1 saturated carbocycles. The molecule has 10 nitrogen and oxygen atoms in total. The van der Waals surface area contributed by atoms with Crippen LogP contribution in [0, 0.1) is 23.1 Å². The number of alkyl halides is 6. The molecule has 1 fully saturated rings. The van der Waals surface area contributed by atoms with E-state index in [1.807, 2.05) is 35.2 Å². The summed E-state index contributed by atoms with van der Waals surface area (Å²) >= 11 is 1.27. The van der Waals surface area contributed by atoms with Crippen LogP contribution < -0.4 is 5.73 Å². The Morgan fingerprint density at radius 3 is 2.04 bits per heavy atom. The molecule has 4 N–H and O–H groups in total. The molecule has 6 rings (SSSR count). The van der Waals surface area contributed by atoms with Crippen molar-refractivity contribution < 1.29 is 59.7 Å². The largest absolute Gasteiger partial charge is 0.490 e. The Bertz CT molecular complexity index is 1950. The van der Waals surface area contributed by atoms with Crippen molar-refractivity contribution in [3.8, 4) is 6.07 Å². The maximum atomic E-state index is 15.3. The number of amides is 1. The molecule has 1 amide bonds. The van der Waals surface area contributed by atoms with Gasteiger partial charge in [-0.3, -0.25) is 14.8 Å². The maximum absolute atomic E-state index is 15.3. The van der Waals surface area contributed by atoms with Gasteiger partial charge in [-0.2, -0.15) is 31.6 Å². The summed E-state index contributed by atoms with van der Waals surface area (Å²) in [6.07, 6.45) is -7.09. The number of rotatable bonds is 4. The van der Waals surface area contributed by atoms with E-state index in [1.165, 1.54) is 48.3 Å². The van der Waals surface area contributed by atoms with Gasteiger partial charge >= 0.3 is 24.3 Å². The number of carboxylic acid groups (broad SMARTS) is 2. The zero-order valence-corrected chi connectivity index (χ0v) is 27.3. The molecule has 1 aromatic heterocycles. The van der Waals surface area contributed by atoms with Crippen molar-refractivity contribution in [2.24, 2.45) is 16.6 Å². The lowest BCUT2D eigenvalue weighted by Gasteiger charge is -2.35. The number of aromatic nitrogens is 1. The average Bonchev–Trinajstić information content (AvgIpc) is 3.67. The van der Waals surface area contributed by atoms with Crippen molar-refractivity contribution in [1.29, 1.82) is 5.26 Å². The molecule has 19 heteroatoms. The Morgan fingerprint density at radius 1 is 1.00 bits per heavy atom. The van der Waals surface area contributed by atoms with Crippen molar-refractivity contribution in [3.05, 3.63) is 100 Å². The summed E-state index contributed by atoms with van der Waals surface area (Å²) in [4.78, 5) is 42.1. The fourth-order valence-corrected chi connectivity index (χ4v) is 7.09. The Morgan fingerprint density at radius 2 is 1.56 bits per heavy atom. The van der Waals surface area contributed by atoms with Crippen LogP contribution in [-0.2, 0) is 33.0 Å². The summed E-state index contributed by atoms with van der Waals surface area (Å²) in [5.41, 5.74) is 8.50. The number of benzene rings is 2. The van der Waals surface area contributed by atoms with E-state index >= 15 is 4.39 Å². The second-order valence-electron chi connectivity index (χ2n) is 11.7. The molecule has 3 heterocycles. The minimum absolute atomic E-state index is 0.0119. The molecule has 3 atom stereocenters. The standard InChI is InChI=1S/C29H23F2N5OS.2C2HF3O2/c1-28(21-10-17(6-8-22(21)30)11-23(31)24-9-7-18(13-32)14-34-24)25-12-29(25,38-27(33)35-28)26(37)36-15-19-4-2-3-5-20(19)16-36;2*3-2(4,5)1(6)7/h2-11,14,25H,12,15-16H2,1H3,(H2,33,35);2*(H,6,7)/b23-11-;;/t25-,28+,29-;;/m0../s1. The molecule has 52 heavy (non-hydrogen) atoms. The Balaban J connectivity index is 0.000000367. The molecule has 2 aromatic carbocycles. The molecule has 2 aliphatic heterocycles. The number of aliphatic imine (C=N–C) groups is 1. The average molecular weight is 756 g/mol. The number of carboxylic acids is 2. The van der Waals surface area contributed by atoms with Crippen molar-refractivity contribution >= 4 is 46.7 Å². The van der Waals surface area contributed by atoms with Crippen LogP contribution in [0.5, 0.6) is 0 Å². The number of hydrogen-bond acceptors (Lipinski definition) is 8. The Kier molecular flexibility index (Phi) is 11.0. The second-order valence-corrected chi connectivity index (χ2v) is 13.0. The van der Waals surface area contributed by atoms with E-state index < -0.39 is 46.2 Å². The van der Waals surface area contributed by atoms with Crippen LogP contribution in [0.4, 0.5) is 35.1 Å². The van der Waals surface area contributed by atoms with Gasteiger partial charge in [-0.25, -0.2) is 18.4 Å². The number of fused-ring (bicyclic) bond motifs is 2. The van der Waals surface area contributed by atoms with Crippen LogP contribution in [0.15, 0.2) is 65.8 Å². The van der Waals surface area contributed by atoms with Gasteiger partial charge in [-0.15, -0.1) is 0 Å². The minimum Gasteiger partial charge on any atom is -0.475 e. The molecule has 0 unspecified atom stereocenters. The zero-order chi connectivity index (χ0) is 38.8. The summed E-state index contributed by atoms with van der Waals surface area (Å²) in [5.74, 6) is -6.90. The molecule has 0 spiro atoms. The summed E-state index contributed by atoms with van der Waals surface area (Å²) in [6.45, 7) is 2.87. The highest BCUT2D eigenvalue weighted by molar-refractivity contribution is 8.15. The van der Waals surface area contributed by atoms with Gasteiger partial charge < -0.3 is 20.8 Å². The van der Waals surface area contributed by atoms with E-state index in [0.717, 1.165) is 11.1 Å². The van der Waals surface area contributed by atoms with Gasteiger partial charge in [-0.1, -0.05) is 42.1 Å². The van der Waals surface area contributed by atoms with Crippen LogP contribution in [0.3, 0.4) is 0 Å². The van der Waals surface area contributed by atoms with E-state index in [-0.39, 0.29) is 28.3 Å². The monoisotopic (exact) mass is 755 g/mol. The van der Waals surface area contributed by atoms with Crippen molar-refractivity contribution in [1.82, 2.24) is 9.88 Å². The predicted octanol–water partition coefficient (Wildman–Crippen LogP) is 6.40. The lowest BCUT2D eigenvalue weighted by molar-refractivity contribution is -0.193. The fourth-order valence-electron chi connectivity index (χ4n) is 5.64. The molecule has 3 aliphatic rings. The van der Waals surface area contributed by atoms with Crippen LogP contribution >= 0.6 is 11.8 Å². The Hall–Kier alpha value is -5.51.